The summed E-state index contributed by atoms with van der Waals surface area (Å²) in [5, 5.41) is 9.99. The first kappa shape index (κ1) is 20.4. The third kappa shape index (κ3) is 5.34. The van der Waals surface area contributed by atoms with E-state index in [-0.39, 0.29) is 5.91 Å². The quantitative estimate of drug-likeness (QED) is 0.735. The number of carbonyl (C=O) groups excluding carboxylic acids is 1. The van der Waals surface area contributed by atoms with E-state index in [1.807, 2.05) is 19.2 Å². The van der Waals surface area contributed by atoms with E-state index < -0.39 is 0 Å². The largest absolute Gasteiger partial charge is 0.341 e. The number of carbonyl (C=O) groups is 1. The molecular weight excluding hydrogens is 370 g/mol. The lowest BCUT2D eigenvalue weighted by Crippen LogP contribution is -2.40. The first-order valence-electron chi connectivity index (χ1n) is 9.78. The van der Waals surface area contributed by atoms with Gasteiger partial charge in [-0.05, 0) is 68.1 Å². The molecular formula is C23H26ClN3O. The second-order valence-electron chi connectivity index (χ2n) is 7.50. The van der Waals surface area contributed by atoms with E-state index in [2.05, 4.69) is 23.1 Å². The Morgan fingerprint density at radius 3 is 2.54 bits per heavy atom. The number of benzene rings is 2. The van der Waals surface area contributed by atoms with E-state index in [1.165, 1.54) is 5.56 Å². The van der Waals surface area contributed by atoms with Gasteiger partial charge in [0.2, 0.25) is 0 Å². The lowest BCUT2D eigenvalue weighted by atomic mass is 9.95. The van der Waals surface area contributed by atoms with E-state index >= 15 is 0 Å². The van der Waals surface area contributed by atoms with Gasteiger partial charge in [-0.25, -0.2) is 0 Å². The molecule has 1 saturated heterocycles. The van der Waals surface area contributed by atoms with Crippen molar-refractivity contribution in [3.8, 4) is 6.07 Å². The summed E-state index contributed by atoms with van der Waals surface area (Å²) < 4.78 is 0. The smallest absolute Gasteiger partial charge is 0.254 e. The second kappa shape index (κ2) is 9.73. The molecule has 0 N–H and O–H groups in total. The minimum atomic E-state index is -0.0673. The van der Waals surface area contributed by atoms with E-state index in [0.29, 0.717) is 17.0 Å². The van der Waals surface area contributed by atoms with Gasteiger partial charge in [0.25, 0.3) is 5.91 Å². The van der Waals surface area contributed by atoms with Crippen molar-refractivity contribution in [2.75, 3.05) is 33.2 Å². The molecule has 0 aromatic heterocycles. The Kier molecular flexibility index (Phi) is 7.08. The van der Waals surface area contributed by atoms with Crippen molar-refractivity contribution in [3.05, 3.63) is 70.2 Å². The molecule has 0 unspecified atom stereocenters. The van der Waals surface area contributed by atoms with Crippen molar-refractivity contribution >= 4 is 17.5 Å². The highest BCUT2D eigenvalue weighted by Crippen LogP contribution is 2.20. The molecule has 0 spiro atoms. The maximum absolute atomic E-state index is 12.7. The van der Waals surface area contributed by atoms with Gasteiger partial charge in [0, 0.05) is 25.2 Å². The topological polar surface area (TPSA) is 47.3 Å². The highest BCUT2D eigenvalue weighted by Gasteiger charge is 2.23. The average molecular weight is 396 g/mol. The van der Waals surface area contributed by atoms with E-state index in [0.717, 1.165) is 50.5 Å². The fraction of sp³-hybridized carbons (Fsp3) is 0.391. The molecule has 0 atom stereocenters. The third-order valence-corrected chi connectivity index (χ3v) is 5.75. The van der Waals surface area contributed by atoms with Crippen LogP contribution >= 0.6 is 11.6 Å². The molecule has 4 nitrogen and oxygen atoms in total. The number of nitriles is 1. The van der Waals surface area contributed by atoms with Crippen LogP contribution in [0.15, 0.2) is 48.5 Å². The van der Waals surface area contributed by atoms with Crippen LogP contribution in [0.5, 0.6) is 0 Å². The molecule has 3 rings (SSSR count). The van der Waals surface area contributed by atoms with Gasteiger partial charge < -0.3 is 9.80 Å². The number of piperidine rings is 1. The monoisotopic (exact) mass is 395 g/mol. The van der Waals surface area contributed by atoms with Crippen LogP contribution in [0, 0.1) is 17.2 Å². The molecule has 1 aliphatic rings. The van der Waals surface area contributed by atoms with Gasteiger partial charge >= 0.3 is 0 Å². The Bertz CT molecular complexity index is 836. The van der Waals surface area contributed by atoms with Gasteiger partial charge in [-0.2, -0.15) is 5.26 Å². The summed E-state index contributed by atoms with van der Waals surface area (Å²) in [6, 6.07) is 17.2. The molecule has 28 heavy (non-hydrogen) atoms. The van der Waals surface area contributed by atoms with Gasteiger partial charge in [-0.1, -0.05) is 35.9 Å². The summed E-state index contributed by atoms with van der Waals surface area (Å²) in [6.45, 7) is 3.92. The minimum Gasteiger partial charge on any atom is -0.341 e. The summed E-state index contributed by atoms with van der Waals surface area (Å²) in [4.78, 5) is 17.0. The third-order valence-electron chi connectivity index (χ3n) is 5.49. The highest BCUT2D eigenvalue weighted by molar-refractivity contribution is 6.30. The maximum atomic E-state index is 12.7. The minimum absolute atomic E-state index is 0.0673. The second-order valence-corrected chi connectivity index (χ2v) is 7.94. The van der Waals surface area contributed by atoms with Crippen molar-refractivity contribution in [1.82, 2.24) is 9.80 Å². The van der Waals surface area contributed by atoms with Gasteiger partial charge in [0.05, 0.1) is 17.2 Å². The van der Waals surface area contributed by atoms with Crippen LogP contribution in [0.25, 0.3) is 0 Å². The lowest BCUT2D eigenvalue weighted by molar-refractivity contribution is 0.0740. The lowest BCUT2D eigenvalue weighted by Gasteiger charge is -2.34. The number of rotatable bonds is 6. The van der Waals surface area contributed by atoms with Gasteiger partial charge in [-0.15, -0.1) is 0 Å². The predicted octanol–water partition coefficient (Wildman–Crippen LogP) is 4.24. The van der Waals surface area contributed by atoms with Crippen molar-refractivity contribution in [2.24, 2.45) is 5.92 Å². The molecule has 0 radical (unpaired) electrons. The Labute approximate surface area is 172 Å². The molecule has 5 heteroatoms. The zero-order valence-corrected chi connectivity index (χ0v) is 17.0. The first-order valence-corrected chi connectivity index (χ1v) is 10.2. The fourth-order valence-electron chi connectivity index (χ4n) is 3.77. The van der Waals surface area contributed by atoms with E-state index in [1.54, 1.807) is 29.2 Å². The standard InChI is InChI=1S/C23H26ClN3O/c1-26(23(28)22-5-3-2-4-20(22)16-25)17-19-11-14-27(15-12-19)13-10-18-6-8-21(24)9-7-18/h2-9,19H,10-15,17H2,1H3. The Balaban J connectivity index is 1.45. The molecule has 2 aromatic carbocycles. The van der Waals surface area contributed by atoms with Crippen molar-refractivity contribution in [3.63, 3.8) is 0 Å². The van der Waals surface area contributed by atoms with E-state index in [9.17, 15) is 10.1 Å². The summed E-state index contributed by atoms with van der Waals surface area (Å²) in [7, 11) is 1.84. The van der Waals surface area contributed by atoms with Crippen molar-refractivity contribution < 1.29 is 4.79 Å². The number of halogens is 1. The van der Waals surface area contributed by atoms with Crippen LogP contribution in [0.1, 0.15) is 34.3 Å². The number of hydrogen-bond acceptors (Lipinski definition) is 3. The zero-order valence-electron chi connectivity index (χ0n) is 16.3. The molecule has 1 fully saturated rings. The molecule has 146 valence electrons. The summed E-state index contributed by atoms with van der Waals surface area (Å²) in [6.07, 6.45) is 3.22. The molecule has 2 aromatic rings. The maximum Gasteiger partial charge on any atom is 0.254 e. The van der Waals surface area contributed by atoms with Crippen LogP contribution in [0.4, 0.5) is 0 Å². The number of likely N-dealkylation sites (tertiary alicyclic amines) is 1. The Hall–Kier alpha value is -2.35. The normalized spacial score (nSPS) is 15.2. The average Bonchev–Trinajstić information content (AvgIpc) is 2.73. The molecule has 0 bridgehead atoms. The summed E-state index contributed by atoms with van der Waals surface area (Å²) in [5.41, 5.74) is 2.25. The number of amides is 1. The molecule has 1 heterocycles. The van der Waals surface area contributed by atoms with Crippen LogP contribution in [0.3, 0.4) is 0 Å². The van der Waals surface area contributed by atoms with Gasteiger partial charge in [0.1, 0.15) is 0 Å². The Morgan fingerprint density at radius 2 is 1.86 bits per heavy atom. The van der Waals surface area contributed by atoms with Crippen molar-refractivity contribution in [1.29, 1.82) is 5.26 Å². The number of nitrogens with zero attached hydrogens (tertiary/aromatic N) is 3. The predicted molar refractivity (Wildman–Crippen MR) is 112 cm³/mol. The summed E-state index contributed by atoms with van der Waals surface area (Å²) in [5.74, 6) is 0.442. The molecule has 0 saturated carbocycles. The van der Waals surface area contributed by atoms with Crippen LogP contribution in [-0.2, 0) is 6.42 Å². The first-order chi connectivity index (χ1) is 13.6. The van der Waals surface area contributed by atoms with Crippen LogP contribution in [0.2, 0.25) is 5.02 Å². The van der Waals surface area contributed by atoms with Gasteiger partial charge in [0.15, 0.2) is 0 Å². The molecule has 0 aliphatic carbocycles. The number of hydrogen-bond donors (Lipinski definition) is 0. The molecule has 1 amide bonds. The Morgan fingerprint density at radius 1 is 1.18 bits per heavy atom. The van der Waals surface area contributed by atoms with E-state index in [4.69, 9.17) is 11.6 Å². The zero-order chi connectivity index (χ0) is 19.9. The fourth-order valence-corrected chi connectivity index (χ4v) is 3.90. The molecule has 1 aliphatic heterocycles. The van der Waals surface area contributed by atoms with Crippen LogP contribution < -0.4 is 0 Å². The highest BCUT2D eigenvalue weighted by atomic mass is 35.5. The summed E-state index contributed by atoms with van der Waals surface area (Å²) >= 11 is 5.94. The van der Waals surface area contributed by atoms with Crippen molar-refractivity contribution in [2.45, 2.75) is 19.3 Å². The SMILES string of the molecule is CN(CC1CCN(CCc2ccc(Cl)cc2)CC1)C(=O)c1ccccc1C#N. The van der Waals surface area contributed by atoms with Crippen LogP contribution in [-0.4, -0.2) is 48.9 Å². The van der Waals surface area contributed by atoms with Gasteiger partial charge in [-0.3, -0.25) is 4.79 Å².